The summed E-state index contributed by atoms with van der Waals surface area (Å²) in [4.78, 5) is 14.2. The van der Waals surface area contributed by atoms with Crippen molar-refractivity contribution in [1.82, 2.24) is 4.90 Å². The quantitative estimate of drug-likeness (QED) is 0.819. The molecule has 0 bridgehead atoms. The summed E-state index contributed by atoms with van der Waals surface area (Å²) in [5, 5.41) is 12.1. The van der Waals surface area contributed by atoms with Crippen LogP contribution in [0.5, 0.6) is 0 Å². The predicted octanol–water partition coefficient (Wildman–Crippen LogP) is 0.350. The van der Waals surface area contributed by atoms with Gasteiger partial charge in [-0.1, -0.05) is 12.1 Å². The Bertz CT molecular complexity index is 615. The summed E-state index contributed by atoms with van der Waals surface area (Å²) in [5.74, 6) is -0.183. The van der Waals surface area contributed by atoms with Gasteiger partial charge in [-0.25, -0.2) is 8.42 Å². The molecular formula is C14H20N2O4S. The van der Waals surface area contributed by atoms with Crippen LogP contribution in [0.2, 0.25) is 0 Å². The van der Waals surface area contributed by atoms with Crippen LogP contribution in [0.25, 0.3) is 0 Å². The molecule has 2 rings (SSSR count). The molecule has 2 N–H and O–H groups in total. The zero-order valence-electron chi connectivity index (χ0n) is 11.9. The van der Waals surface area contributed by atoms with Crippen molar-refractivity contribution in [3.63, 3.8) is 0 Å². The van der Waals surface area contributed by atoms with Crippen LogP contribution in [0.1, 0.15) is 16.8 Å². The number of aliphatic hydroxyl groups excluding tert-OH is 1. The minimum absolute atomic E-state index is 0.0273. The maximum absolute atomic E-state index is 12.7. The van der Waals surface area contributed by atoms with Crippen molar-refractivity contribution in [1.29, 1.82) is 0 Å². The minimum Gasteiger partial charge on any atom is -0.395 e. The van der Waals surface area contributed by atoms with Crippen LogP contribution in [-0.4, -0.2) is 62.1 Å². The number of rotatable bonds is 5. The fourth-order valence-electron chi connectivity index (χ4n) is 2.62. The first kappa shape index (κ1) is 15.8. The number of amides is 1. The molecule has 0 spiro atoms. The smallest absolute Gasteiger partial charge is 0.256 e. The fourth-order valence-corrected chi connectivity index (χ4v) is 4.35. The van der Waals surface area contributed by atoms with E-state index in [-0.39, 0.29) is 36.6 Å². The molecule has 1 saturated heterocycles. The molecule has 1 amide bonds. The Balaban J connectivity index is 2.28. The number of anilines is 1. The molecule has 1 aliphatic rings. The Hall–Kier alpha value is -1.60. The zero-order valence-corrected chi connectivity index (χ0v) is 12.8. The van der Waals surface area contributed by atoms with E-state index in [4.69, 9.17) is 0 Å². The lowest BCUT2D eigenvalue weighted by atomic mass is 10.1. The van der Waals surface area contributed by atoms with E-state index in [1.165, 1.54) is 4.90 Å². The summed E-state index contributed by atoms with van der Waals surface area (Å²) in [6, 6.07) is 6.70. The Labute approximate surface area is 124 Å². The largest absolute Gasteiger partial charge is 0.395 e. The topological polar surface area (TPSA) is 86.7 Å². The van der Waals surface area contributed by atoms with Crippen LogP contribution < -0.4 is 5.32 Å². The van der Waals surface area contributed by atoms with Gasteiger partial charge in [0.2, 0.25) is 0 Å². The first-order valence-corrected chi connectivity index (χ1v) is 8.69. The third-order valence-corrected chi connectivity index (χ3v) is 5.43. The molecular weight excluding hydrogens is 292 g/mol. The van der Waals surface area contributed by atoms with Crippen LogP contribution in [0.3, 0.4) is 0 Å². The van der Waals surface area contributed by atoms with Gasteiger partial charge in [-0.15, -0.1) is 0 Å². The molecule has 7 heteroatoms. The fraction of sp³-hybridized carbons (Fsp3) is 0.500. The van der Waals surface area contributed by atoms with Crippen molar-refractivity contribution in [2.45, 2.75) is 12.5 Å². The molecule has 6 nitrogen and oxygen atoms in total. The monoisotopic (exact) mass is 312 g/mol. The van der Waals surface area contributed by atoms with Gasteiger partial charge in [-0.2, -0.15) is 0 Å². The van der Waals surface area contributed by atoms with Gasteiger partial charge in [0.05, 0.1) is 23.7 Å². The van der Waals surface area contributed by atoms with E-state index in [0.717, 1.165) is 0 Å². The van der Waals surface area contributed by atoms with Crippen molar-refractivity contribution in [3.05, 3.63) is 29.8 Å². The van der Waals surface area contributed by atoms with Crippen LogP contribution in [-0.2, 0) is 9.84 Å². The highest BCUT2D eigenvalue weighted by Gasteiger charge is 2.35. The van der Waals surface area contributed by atoms with E-state index in [0.29, 0.717) is 17.7 Å². The Kier molecular flexibility index (Phi) is 4.84. The van der Waals surface area contributed by atoms with Gasteiger partial charge < -0.3 is 15.3 Å². The third-order valence-electron chi connectivity index (χ3n) is 3.68. The van der Waals surface area contributed by atoms with E-state index in [1.807, 2.05) is 6.07 Å². The molecule has 0 aromatic heterocycles. The number of hydrogen-bond donors (Lipinski definition) is 2. The lowest BCUT2D eigenvalue weighted by Crippen LogP contribution is -2.43. The number of sulfone groups is 1. The first-order chi connectivity index (χ1) is 9.98. The molecule has 1 atom stereocenters. The lowest BCUT2D eigenvalue weighted by Gasteiger charge is -2.28. The normalized spacial score (nSPS) is 20.2. The number of aliphatic hydroxyl groups is 1. The van der Waals surface area contributed by atoms with E-state index in [2.05, 4.69) is 5.32 Å². The average Bonchev–Trinajstić information content (AvgIpc) is 2.84. The number of para-hydroxylation sites is 1. The van der Waals surface area contributed by atoms with Gasteiger partial charge in [0.25, 0.3) is 5.91 Å². The molecule has 1 aliphatic heterocycles. The van der Waals surface area contributed by atoms with E-state index >= 15 is 0 Å². The molecule has 21 heavy (non-hydrogen) atoms. The molecule has 0 aliphatic carbocycles. The van der Waals surface area contributed by atoms with Gasteiger partial charge in [-0.05, 0) is 18.6 Å². The van der Waals surface area contributed by atoms with Gasteiger partial charge in [0.15, 0.2) is 9.84 Å². The second-order valence-electron chi connectivity index (χ2n) is 5.07. The van der Waals surface area contributed by atoms with E-state index < -0.39 is 9.84 Å². The summed E-state index contributed by atoms with van der Waals surface area (Å²) >= 11 is 0. The molecule has 116 valence electrons. The minimum atomic E-state index is -3.08. The highest BCUT2D eigenvalue weighted by Crippen LogP contribution is 2.22. The Morgan fingerprint density at radius 2 is 2.14 bits per heavy atom. The van der Waals surface area contributed by atoms with Crippen LogP contribution >= 0.6 is 0 Å². The number of benzene rings is 1. The van der Waals surface area contributed by atoms with Crippen LogP contribution in [0, 0.1) is 0 Å². The number of carbonyl (C=O) groups is 1. The van der Waals surface area contributed by atoms with Gasteiger partial charge in [-0.3, -0.25) is 4.79 Å². The summed E-state index contributed by atoms with van der Waals surface area (Å²) < 4.78 is 23.2. The van der Waals surface area contributed by atoms with Crippen molar-refractivity contribution in [3.8, 4) is 0 Å². The van der Waals surface area contributed by atoms with Crippen molar-refractivity contribution >= 4 is 21.4 Å². The summed E-state index contributed by atoms with van der Waals surface area (Å²) in [6.07, 6.45) is 0.426. The second kappa shape index (κ2) is 6.44. The standard InChI is InChI=1S/C14H20N2O4S/c1-15-13-5-3-2-4-12(13)14(18)16(7-8-17)11-6-9-21(19,20)10-11/h2-5,11,15,17H,6-10H2,1H3. The third kappa shape index (κ3) is 3.54. The highest BCUT2D eigenvalue weighted by molar-refractivity contribution is 7.91. The highest BCUT2D eigenvalue weighted by atomic mass is 32.2. The molecule has 1 fully saturated rings. The van der Waals surface area contributed by atoms with Gasteiger partial charge in [0, 0.05) is 25.3 Å². The first-order valence-electron chi connectivity index (χ1n) is 6.87. The summed E-state index contributed by atoms with van der Waals surface area (Å²) in [5.41, 5.74) is 1.17. The van der Waals surface area contributed by atoms with Crippen molar-refractivity contribution in [2.24, 2.45) is 0 Å². The molecule has 1 heterocycles. The average molecular weight is 312 g/mol. The van der Waals surface area contributed by atoms with Crippen molar-refractivity contribution < 1.29 is 18.3 Å². The molecule has 1 aromatic rings. The maximum Gasteiger partial charge on any atom is 0.256 e. The van der Waals surface area contributed by atoms with E-state index in [9.17, 15) is 18.3 Å². The van der Waals surface area contributed by atoms with Gasteiger partial charge >= 0.3 is 0 Å². The number of carbonyl (C=O) groups excluding carboxylic acids is 1. The Morgan fingerprint density at radius 3 is 2.71 bits per heavy atom. The number of nitrogens with zero attached hydrogens (tertiary/aromatic N) is 1. The van der Waals surface area contributed by atoms with Gasteiger partial charge in [0.1, 0.15) is 0 Å². The summed E-state index contributed by atoms with van der Waals surface area (Å²) in [7, 11) is -1.36. The maximum atomic E-state index is 12.7. The molecule has 1 aromatic carbocycles. The Morgan fingerprint density at radius 1 is 1.43 bits per heavy atom. The number of hydrogen-bond acceptors (Lipinski definition) is 5. The molecule has 0 radical (unpaired) electrons. The predicted molar refractivity (Wildman–Crippen MR) is 81.2 cm³/mol. The second-order valence-corrected chi connectivity index (χ2v) is 7.30. The van der Waals surface area contributed by atoms with Crippen LogP contribution in [0.15, 0.2) is 24.3 Å². The van der Waals surface area contributed by atoms with E-state index in [1.54, 1.807) is 25.2 Å². The SMILES string of the molecule is CNc1ccccc1C(=O)N(CCO)C1CCS(=O)(=O)C1. The van der Waals surface area contributed by atoms with Crippen LogP contribution in [0.4, 0.5) is 5.69 Å². The van der Waals surface area contributed by atoms with Crippen molar-refractivity contribution in [2.75, 3.05) is 37.0 Å². The lowest BCUT2D eigenvalue weighted by molar-refractivity contribution is 0.0656. The molecule has 0 saturated carbocycles. The summed E-state index contributed by atoms with van der Waals surface area (Å²) in [6.45, 7) is -0.0545. The number of nitrogens with one attached hydrogen (secondary N) is 1. The molecule has 1 unspecified atom stereocenters. The zero-order chi connectivity index (χ0) is 15.5.